The summed E-state index contributed by atoms with van der Waals surface area (Å²) in [5, 5.41) is 2.81. The van der Waals surface area contributed by atoms with Gasteiger partial charge in [0.2, 0.25) is 5.91 Å². The van der Waals surface area contributed by atoms with Gasteiger partial charge in [0.25, 0.3) is 0 Å². The zero-order valence-electron chi connectivity index (χ0n) is 11.1. The van der Waals surface area contributed by atoms with Crippen molar-refractivity contribution in [3.8, 4) is 0 Å². The van der Waals surface area contributed by atoms with E-state index in [-0.39, 0.29) is 17.8 Å². The van der Waals surface area contributed by atoms with E-state index in [9.17, 15) is 9.59 Å². The number of allylic oxidation sites excluding steroid dienone is 1. The molecule has 0 aromatic rings. The van der Waals surface area contributed by atoms with Crippen molar-refractivity contribution in [1.29, 1.82) is 0 Å². The van der Waals surface area contributed by atoms with Gasteiger partial charge < -0.3 is 10.1 Å². The first kappa shape index (κ1) is 14.7. The van der Waals surface area contributed by atoms with Gasteiger partial charge in [-0.3, -0.25) is 4.79 Å². The van der Waals surface area contributed by atoms with Crippen molar-refractivity contribution in [2.75, 3.05) is 7.11 Å². The topological polar surface area (TPSA) is 55.4 Å². The third kappa shape index (κ3) is 4.51. The maximum Gasteiger partial charge on any atom is 0.328 e. The highest BCUT2D eigenvalue weighted by Crippen LogP contribution is 2.23. The van der Waals surface area contributed by atoms with Gasteiger partial charge >= 0.3 is 5.97 Å². The zero-order valence-corrected chi connectivity index (χ0v) is 11.1. The van der Waals surface area contributed by atoms with E-state index in [2.05, 4.69) is 11.9 Å². The molecule has 1 atom stereocenters. The molecule has 0 aliphatic heterocycles. The summed E-state index contributed by atoms with van der Waals surface area (Å²) in [4.78, 5) is 23.6. The smallest absolute Gasteiger partial charge is 0.328 e. The second-order valence-electron chi connectivity index (χ2n) is 4.79. The molecule has 1 aliphatic rings. The Labute approximate surface area is 109 Å². The van der Waals surface area contributed by atoms with Crippen LogP contribution in [-0.2, 0) is 14.3 Å². The summed E-state index contributed by atoms with van der Waals surface area (Å²) in [5.41, 5.74) is 0. The number of hydrogen-bond donors (Lipinski definition) is 1. The summed E-state index contributed by atoms with van der Waals surface area (Å²) >= 11 is 0. The molecule has 102 valence electrons. The van der Waals surface area contributed by atoms with Gasteiger partial charge in [0.15, 0.2) is 0 Å². The minimum absolute atomic E-state index is 0.00541. The van der Waals surface area contributed by atoms with Crippen molar-refractivity contribution in [2.45, 2.75) is 51.0 Å². The molecule has 0 aromatic heterocycles. The molecular formula is C14H23NO3. The fourth-order valence-electron chi connectivity index (χ4n) is 2.33. The van der Waals surface area contributed by atoms with Crippen LogP contribution in [0.15, 0.2) is 12.7 Å². The molecule has 4 nitrogen and oxygen atoms in total. The summed E-state index contributed by atoms with van der Waals surface area (Å²) in [7, 11) is 1.34. The molecule has 0 unspecified atom stereocenters. The van der Waals surface area contributed by atoms with E-state index in [0.717, 1.165) is 25.7 Å². The molecule has 1 saturated carbocycles. The van der Waals surface area contributed by atoms with Crippen LogP contribution in [0.5, 0.6) is 0 Å². The third-order valence-electron chi connectivity index (χ3n) is 3.44. The molecular weight excluding hydrogens is 230 g/mol. The standard InChI is InChI=1S/C14H23NO3/c1-3-4-10-12(14(17)18-2)15-13(16)11-8-6-5-7-9-11/h3,11-12H,1,4-10H2,2H3,(H,15,16)/t12-/m1/s1. The summed E-state index contributed by atoms with van der Waals surface area (Å²) in [6, 6.07) is -0.539. The maximum absolute atomic E-state index is 12.0. The predicted molar refractivity (Wildman–Crippen MR) is 70.0 cm³/mol. The lowest BCUT2D eigenvalue weighted by atomic mass is 9.88. The van der Waals surface area contributed by atoms with Gasteiger partial charge in [-0.2, -0.15) is 0 Å². The van der Waals surface area contributed by atoms with Gasteiger partial charge in [-0.15, -0.1) is 6.58 Å². The lowest BCUT2D eigenvalue weighted by Crippen LogP contribution is -2.44. The molecule has 18 heavy (non-hydrogen) atoms. The van der Waals surface area contributed by atoms with Crippen LogP contribution in [0.3, 0.4) is 0 Å². The lowest BCUT2D eigenvalue weighted by Gasteiger charge is -2.23. The molecule has 1 N–H and O–H groups in total. The Hall–Kier alpha value is -1.32. The van der Waals surface area contributed by atoms with E-state index in [1.165, 1.54) is 13.5 Å². The number of carbonyl (C=O) groups is 2. The molecule has 4 heteroatoms. The Morgan fingerprint density at radius 2 is 2.06 bits per heavy atom. The molecule has 0 aromatic carbocycles. The molecule has 1 amide bonds. The van der Waals surface area contributed by atoms with Crippen LogP contribution < -0.4 is 5.32 Å². The second-order valence-corrected chi connectivity index (χ2v) is 4.79. The molecule has 0 radical (unpaired) electrons. The third-order valence-corrected chi connectivity index (χ3v) is 3.44. The van der Waals surface area contributed by atoms with E-state index < -0.39 is 6.04 Å². The number of hydrogen-bond acceptors (Lipinski definition) is 3. The van der Waals surface area contributed by atoms with Gasteiger partial charge in [-0.1, -0.05) is 25.3 Å². The monoisotopic (exact) mass is 253 g/mol. The second kappa shape index (κ2) is 7.90. The molecule has 0 spiro atoms. The highest BCUT2D eigenvalue weighted by Gasteiger charge is 2.26. The number of nitrogens with one attached hydrogen (secondary N) is 1. The Bertz CT molecular complexity index is 295. The largest absolute Gasteiger partial charge is 0.467 e. The van der Waals surface area contributed by atoms with E-state index in [0.29, 0.717) is 12.8 Å². The Balaban J connectivity index is 2.49. The van der Waals surface area contributed by atoms with E-state index in [1.807, 2.05) is 0 Å². The zero-order chi connectivity index (χ0) is 13.4. The number of rotatable bonds is 6. The van der Waals surface area contributed by atoms with Gasteiger partial charge in [0.05, 0.1) is 7.11 Å². The van der Waals surface area contributed by atoms with Crippen molar-refractivity contribution in [1.82, 2.24) is 5.32 Å². The van der Waals surface area contributed by atoms with E-state index in [1.54, 1.807) is 6.08 Å². The van der Waals surface area contributed by atoms with Gasteiger partial charge in [-0.25, -0.2) is 4.79 Å². The van der Waals surface area contributed by atoms with Crippen molar-refractivity contribution in [2.24, 2.45) is 5.92 Å². The highest BCUT2D eigenvalue weighted by molar-refractivity contribution is 5.85. The number of esters is 1. The van der Waals surface area contributed by atoms with Crippen molar-refractivity contribution in [3.05, 3.63) is 12.7 Å². The summed E-state index contributed by atoms with van der Waals surface area (Å²) in [5.74, 6) is -0.315. The SMILES string of the molecule is C=CCC[C@@H](NC(=O)C1CCCCC1)C(=O)OC. The Morgan fingerprint density at radius 1 is 1.39 bits per heavy atom. The first-order valence-electron chi connectivity index (χ1n) is 6.68. The van der Waals surface area contributed by atoms with Gasteiger partial charge in [-0.05, 0) is 25.7 Å². The first-order valence-corrected chi connectivity index (χ1v) is 6.68. The predicted octanol–water partition coefficient (Wildman–Crippen LogP) is 2.19. The van der Waals surface area contributed by atoms with Crippen molar-refractivity contribution >= 4 is 11.9 Å². The van der Waals surface area contributed by atoms with Crippen LogP contribution >= 0.6 is 0 Å². The van der Waals surface area contributed by atoms with E-state index in [4.69, 9.17) is 4.74 Å². The highest BCUT2D eigenvalue weighted by atomic mass is 16.5. The first-order chi connectivity index (χ1) is 8.69. The molecule has 0 bridgehead atoms. The fourth-order valence-corrected chi connectivity index (χ4v) is 2.33. The maximum atomic E-state index is 12.0. The summed E-state index contributed by atoms with van der Waals surface area (Å²) in [6.07, 6.45) is 8.26. The van der Waals surface area contributed by atoms with Gasteiger partial charge in [0, 0.05) is 5.92 Å². The minimum atomic E-state index is -0.539. The van der Waals surface area contributed by atoms with Crippen molar-refractivity contribution in [3.63, 3.8) is 0 Å². The number of amides is 1. The summed E-state index contributed by atoms with van der Waals surface area (Å²) in [6.45, 7) is 3.62. The molecule has 0 saturated heterocycles. The van der Waals surface area contributed by atoms with Gasteiger partial charge in [0.1, 0.15) is 6.04 Å². The van der Waals surface area contributed by atoms with Crippen LogP contribution in [0.25, 0.3) is 0 Å². The van der Waals surface area contributed by atoms with E-state index >= 15 is 0 Å². The normalized spacial score (nSPS) is 17.8. The van der Waals surface area contributed by atoms with Crippen molar-refractivity contribution < 1.29 is 14.3 Å². The number of carbonyl (C=O) groups excluding carboxylic acids is 2. The quantitative estimate of drug-likeness (QED) is 0.583. The Morgan fingerprint density at radius 3 is 2.61 bits per heavy atom. The molecule has 1 aliphatic carbocycles. The van der Waals surface area contributed by atoms with Crippen LogP contribution in [0, 0.1) is 5.92 Å². The minimum Gasteiger partial charge on any atom is -0.467 e. The lowest BCUT2D eigenvalue weighted by molar-refractivity contribution is -0.145. The fraction of sp³-hybridized carbons (Fsp3) is 0.714. The number of ether oxygens (including phenoxy) is 1. The van der Waals surface area contributed by atoms with Crippen LogP contribution in [0.1, 0.15) is 44.9 Å². The van der Waals surface area contributed by atoms with Crippen LogP contribution in [-0.4, -0.2) is 25.0 Å². The Kier molecular flexibility index (Phi) is 6.47. The van der Waals surface area contributed by atoms with Crippen LogP contribution in [0.2, 0.25) is 0 Å². The number of methoxy groups -OCH3 is 1. The molecule has 1 rings (SSSR count). The average Bonchev–Trinajstić information content (AvgIpc) is 2.43. The molecule has 1 fully saturated rings. The van der Waals surface area contributed by atoms with Crippen LogP contribution in [0.4, 0.5) is 0 Å². The molecule has 0 heterocycles. The summed E-state index contributed by atoms with van der Waals surface area (Å²) < 4.78 is 4.71. The average molecular weight is 253 g/mol.